The van der Waals surface area contributed by atoms with Gasteiger partial charge in [0.2, 0.25) is 0 Å². The predicted octanol–water partition coefficient (Wildman–Crippen LogP) is 1.87. The number of aliphatic hydroxyl groups excluding tert-OH is 1. The molecular weight excluding hydrogens is 447 g/mol. The maximum atomic E-state index is 13.7. The molecule has 0 saturated carbocycles. The number of rotatable bonds is 9. The van der Waals surface area contributed by atoms with Crippen molar-refractivity contribution in [1.29, 1.82) is 0 Å². The van der Waals surface area contributed by atoms with Gasteiger partial charge >= 0.3 is 12.0 Å². The molecule has 0 aliphatic heterocycles. The number of aliphatic hydroxyl groups is 1. The van der Waals surface area contributed by atoms with Crippen LogP contribution in [-0.4, -0.2) is 51.8 Å². The zero-order valence-electron chi connectivity index (χ0n) is 18.2. The van der Waals surface area contributed by atoms with Gasteiger partial charge in [0.15, 0.2) is 5.75 Å². The highest BCUT2D eigenvalue weighted by Crippen LogP contribution is 2.26. The summed E-state index contributed by atoms with van der Waals surface area (Å²) in [6.07, 6.45) is 1.32. The van der Waals surface area contributed by atoms with Gasteiger partial charge in [-0.3, -0.25) is 4.79 Å². The fraction of sp³-hybridized carbons (Fsp3) is 0.217. The first-order valence-electron chi connectivity index (χ1n) is 10.2. The third kappa shape index (κ3) is 5.75. The van der Waals surface area contributed by atoms with Crippen molar-refractivity contribution in [3.05, 3.63) is 76.5 Å². The summed E-state index contributed by atoms with van der Waals surface area (Å²) >= 11 is 0. The van der Waals surface area contributed by atoms with Gasteiger partial charge in [0.25, 0.3) is 5.56 Å². The van der Waals surface area contributed by atoms with Crippen LogP contribution in [0.25, 0.3) is 11.1 Å². The lowest BCUT2D eigenvalue weighted by Gasteiger charge is -2.16. The van der Waals surface area contributed by atoms with Crippen LogP contribution < -0.4 is 20.9 Å². The third-order valence-corrected chi connectivity index (χ3v) is 4.95. The molecule has 0 fully saturated rings. The molecule has 0 saturated heterocycles. The summed E-state index contributed by atoms with van der Waals surface area (Å²) < 4.78 is 20.1. The number of nitrogens with zero attached hydrogens (tertiary/aromatic N) is 2. The lowest BCUT2D eigenvalue weighted by Crippen LogP contribution is -2.44. The van der Waals surface area contributed by atoms with Crippen LogP contribution in [0.15, 0.2) is 59.5 Å². The number of urea groups is 1. The Kier molecular flexibility index (Phi) is 7.93. The first-order valence-corrected chi connectivity index (χ1v) is 10.2. The highest BCUT2D eigenvalue weighted by Gasteiger charge is 2.21. The monoisotopic (exact) mass is 470 g/mol. The summed E-state index contributed by atoms with van der Waals surface area (Å²) in [5.74, 6) is -1.66. The highest BCUT2D eigenvalue weighted by atomic mass is 19.1. The Labute approximate surface area is 193 Å². The van der Waals surface area contributed by atoms with Gasteiger partial charge in [0.05, 0.1) is 37.7 Å². The standard InChI is InChI=1S/C23H23FN4O6/c1-34-19-13-25-28(10-11-29)21(30)20(19)15-8-6-14(7-9-15)12-18(22(31)32)27-23(33)26-17-5-3-2-4-16(17)24/h2-9,13,18,29H,10-12H2,1H3,(H,31,32)(H2,26,27,33)/t18-/m0/s1. The van der Waals surface area contributed by atoms with Gasteiger partial charge in [-0.05, 0) is 23.3 Å². The third-order valence-electron chi connectivity index (χ3n) is 4.95. The summed E-state index contributed by atoms with van der Waals surface area (Å²) in [5, 5.41) is 27.2. The number of anilines is 1. The van der Waals surface area contributed by atoms with Crippen molar-refractivity contribution in [2.75, 3.05) is 19.0 Å². The molecule has 34 heavy (non-hydrogen) atoms. The number of carbonyl (C=O) groups is 2. The van der Waals surface area contributed by atoms with Crippen molar-refractivity contribution >= 4 is 17.7 Å². The molecule has 10 nitrogen and oxygen atoms in total. The zero-order valence-corrected chi connectivity index (χ0v) is 18.2. The second-order valence-corrected chi connectivity index (χ2v) is 7.21. The van der Waals surface area contributed by atoms with E-state index in [-0.39, 0.29) is 36.6 Å². The van der Waals surface area contributed by atoms with Crippen LogP contribution in [0.4, 0.5) is 14.9 Å². The molecule has 0 bridgehead atoms. The van der Waals surface area contributed by atoms with Crippen molar-refractivity contribution in [3.63, 3.8) is 0 Å². The number of carboxylic acid groups (broad SMARTS) is 1. The average molecular weight is 470 g/mol. The summed E-state index contributed by atoms with van der Waals surface area (Å²) in [4.78, 5) is 36.6. The van der Waals surface area contributed by atoms with Crippen LogP contribution in [0.3, 0.4) is 0 Å². The molecule has 4 N–H and O–H groups in total. The normalized spacial score (nSPS) is 11.5. The van der Waals surface area contributed by atoms with E-state index in [2.05, 4.69) is 15.7 Å². The molecule has 0 aliphatic carbocycles. The van der Waals surface area contributed by atoms with Gasteiger partial charge in [-0.15, -0.1) is 0 Å². The number of halogens is 1. The van der Waals surface area contributed by atoms with Gasteiger partial charge in [0, 0.05) is 6.42 Å². The van der Waals surface area contributed by atoms with Crippen molar-refractivity contribution in [2.24, 2.45) is 0 Å². The van der Waals surface area contributed by atoms with E-state index in [4.69, 9.17) is 9.84 Å². The second-order valence-electron chi connectivity index (χ2n) is 7.21. The molecule has 2 aromatic carbocycles. The predicted molar refractivity (Wildman–Crippen MR) is 121 cm³/mol. The SMILES string of the molecule is COc1cnn(CCO)c(=O)c1-c1ccc(C[C@H](NC(=O)Nc2ccccc2F)C(=O)O)cc1. The number of para-hydroxylation sites is 1. The minimum absolute atomic E-state index is 0.0226. The molecule has 1 heterocycles. The minimum atomic E-state index is -1.28. The lowest BCUT2D eigenvalue weighted by molar-refractivity contribution is -0.139. The van der Waals surface area contributed by atoms with Crippen LogP contribution >= 0.6 is 0 Å². The van der Waals surface area contributed by atoms with Gasteiger partial charge in [-0.25, -0.2) is 18.7 Å². The maximum absolute atomic E-state index is 13.7. The fourth-order valence-electron chi connectivity index (χ4n) is 3.27. The van der Waals surface area contributed by atoms with E-state index in [9.17, 15) is 23.9 Å². The van der Waals surface area contributed by atoms with E-state index in [1.165, 1.54) is 37.6 Å². The van der Waals surface area contributed by atoms with Crippen molar-refractivity contribution in [1.82, 2.24) is 15.1 Å². The Hall–Kier alpha value is -4.25. The maximum Gasteiger partial charge on any atom is 0.326 e. The number of aromatic nitrogens is 2. The fourth-order valence-corrected chi connectivity index (χ4v) is 3.27. The molecule has 2 amide bonds. The molecule has 0 radical (unpaired) electrons. The number of hydrogen-bond acceptors (Lipinski definition) is 6. The Bertz CT molecular complexity index is 1230. The van der Waals surface area contributed by atoms with Crippen LogP contribution in [0.5, 0.6) is 5.75 Å². The summed E-state index contributed by atoms with van der Waals surface area (Å²) in [5.41, 5.74) is 0.806. The number of methoxy groups -OCH3 is 1. The van der Waals surface area contributed by atoms with Gasteiger partial charge in [-0.1, -0.05) is 36.4 Å². The number of aliphatic carboxylic acids is 1. The quantitative estimate of drug-likeness (QED) is 0.374. The zero-order chi connectivity index (χ0) is 24.7. The second kappa shape index (κ2) is 11.1. The molecular formula is C23H23FN4O6. The molecule has 11 heteroatoms. The number of hydrogen-bond donors (Lipinski definition) is 4. The molecule has 178 valence electrons. The highest BCUT2D eigenvalue weighted by molar-refractivity contribution is 5.92. The number of benzene rings is 2. The number of carbonyl (C=O) groups excluding carboxylic acids is 1. The first kappa shape index (κ1) is 24.4. The Morgan fingerprint density at radius 1 is 1.18 bits per heavy atom. The summed E-state index contributed by atoms with van der Waals surface area (Å²) in [7, 11) is 1.40. The summed E-state index contributed by atoms with van der Waals surface area (Å²) in [6, 6.07) is 9.86. The first-order chi connectivity index (χ1) is 16.3. The molecule has 3 aromatic rings. The Balaban J connectivity index is 1.77. The Morgan fingerprint density at radius 3 is 2.50 bits per heavy atom. The smallest absolute Gasteiger partial charge is 0.326 e. The summed E-state index contributed by atoms with van der Waals surface area (Å²) in [6.45, 7) is -0.236. The number of nitrogens with one attached hydrogen (secondary N) is 2. The average Bonchev–Trinajstić information content (AvgIpc) is 2.82. The van der Waals surface area contributed by atoms with E-state index in [0.717, 1.165) is 4.68 Å². The minimum Gasteiger partial charge on any atom is -0.494 e. The van der Waals surface area contributed by atoms with Crippen LogP contribution in [-0.2, 0) is 17.8 Å². The Morgan fingerprint density at radius 2 is 1.88 bits per heavy atom. The molecule has 1 aromatic heterocycles. The van der Waals surface area contributed by atoms with E-state index in [1.54, 1.807) is 24.3 Å². The van der Waals surface area contributed by atoms with Gasteiger partial charge in [0.1, 0.15) is 11.9 Å². The van der Waals surface area contributed by atoms with E-state index >= 15 is 0 Å². The largest absolute Gasteiger partial charge is 0.494 e. The molecule has 0 unspecified atom stereocenters. The number of carboxylic acids is 1. The van der Waals surface area contributed by atoms with Gasteiger partial charge < -0.3 is 25.6 Å². The van der Waals surface area contributed by atoms with E-state index < -0.39 is 29.4 Å². The van der Waals surface area contributed by atoms with Crippen LogP contribution in [0.1, 0.15) is 5.56 Å². The lowest BCUT2D eigenvalue weighted by atomic mass is 10.0. The van der Waals surface area contributed by atoms with E-state index in [1.807, 2.05) is 0 Å². The van der Waals surface area contributed by atoms with E-state index in [0.29, 0.717) is 11.1 Å². The van der Waals surface area contributed by atoms with Crippen molar-refractivity contribution in [3.8, 4) is 16.9 Å². The number of amides is 2. The molecule has 0 spiro atoms. The van der Waals surface area contributed by atoms with Crippen LogP contribution in [0.2, 0.25) is 0 Å². The van der Waals surface area contributed by atoms with Crippen molar-refractivity contribution < 1.29 is 28.9 Å². The van der Waals surface area contributed by atoms with Crippen molar-refractivity contribution in [2.45, 2.75) is 19.0 Å². The van der Waals surface area contributed by atoms with Gasteiger partial charge in [-0.2, -0.15) is 5.10 Å². The molecule has 0 aliphatic rings. The number of ether oxygens (including phenoxy) is 1. The topological polar surface area (TPSA) is 143 Å². The molecule has 3 rings (SSSR count). The molecule has 1 atom stereocenters. The van der Waals surface area contributed by atoms with Crippen LogP contribution in [0, 0.1) is 5.82 Å².